The SMILES string of the molecule is COc1ccc(NC(=O)Nc2ccc(C(=O)Nc3ccccc3N)cc2)cc1. The summed E-state index contributed by atoms with van der Waals surface area (Å²) in [7, 11) is 1.58. The quantitative estimate of drug-likeness (QED) is 0.501. The van der Waals surface area contributed by atoms with Gasteiger partial charge < -0.3 is 26.4 Å². The fraction of sp³-hybridized carbons (Fsp3) is 0.0476. The van der Waals surface area contributed by atoms with Crippen LogP contribution in [0, 0.1) is 0 Å². The van der Waals surface area contributed by atoms with Gasteiger partial charge in [-0.3, -0.25) is 4.79 Å². The number of urea groups is 1. The highest BCUT2D eigenvalue weighted by Gasteiger charge is 2.09. The number of hydrogen-bond donors (Lipinski definition) is 4. The molecule has 0 spiro atoms. The molecule has 0 bridgehead atoms. The summed E-state index contributed by atoms with van der Waals surface area (Å²) < 4.78 is 5.08. The largest absolute Gasteiger partial charge is 0.497 e. The molecule has 0 unspecified atom stereocenters. The van der Waals surface area contributed by atoms with E-state index in [1.807, 2.05) is 0 Å². The minimum Gasteiger partial charge on any atom is -0.497 e. The number of hydrogen-bond acceptors (Lipinski definition) is 4. The van der Waals surface area contributed by atoms with Gasteiger partial charge in [-0.15, -0.1) is 0 Å². The molecule has 7 nitrogen and oxygen atoms in total. The molecule has 0 heterocycles. The van der Waals surface area contributed by atoms with Crippen molar-refractivity contribution >= 4 is 34.7 Å². The third-order valence-electron chi connectivity index (χ3n) is 3.96. The molecule has 0 aromatic heterocycles. The number of nitrogens with one attached hydrogen (secondary N) is 3. The molecule has 3 rings (SSSR count). The van der Waals surface area contributed by atoms with Crippen LogP contribution in [0.25, 0.3) is 0 Å². The zero-order valence-corrected chi connectivity index (χ0v) is 15.2. The predicted molar refractivity (Wildman–Crippen MR) is 111 cm³/mol. The Morgan fingerprint density at radius 2 is 1.36 bits per heavy atom. The van der Waals surface area contributed by atoms with Gasteiger partial charge in [0.25, 0.3) is 5.91 Å². The van der Waals surface area contributed by atoms with Crippen LogP contribution in [0.2, 0.25) is 0 Å². The summed E-state index contributed by atoms with van der Waals surface area (Å²) >= 11 is 0. The van der Waals surface area contributed by atoms with E-state index in [4.69, 9.17) is 10.5 Å². The highest BCUT2D eigenvalue weighted by Crippen LogP contribution is 2.19. The number of benzene rings is 3. The standard InChI is InChI=1S/C21H20N4O3/c1-28-17-12-10-16(11-13-17)24-21(27)23-15-8-6-14(7-9-15)20(26)25-19-5-3-2-4-18(19)22/h2-13H,22H2,1H3,(H,25,26)(H2,23,24,27). The van der Waals surface area contributed by atoms with Gasteiger partial charge in [0.05, 0.1) is 18.5 Å². The second kappa shape index (κ2) is 8.59. The molecular weight excluding hydrogens is 356 g/mol. The van der Waals surface area contributed by atoms with E-state index in [0.717, 1.165) is 0 Å². The molecular formula is C21H20N4O3. The van der Waals surface area contributed by atoms with E-state index in [9.17, 15) is 9.59 Å². The lowest BCUT2D eigenvalue weighted by Crippen LogP contribution is -2.19. The van der Waals surface area contributed by atoms with E-state index < -0.39 is 0 Å². The number of methoxy groups -OCH3 is 1. The number of ether oxygens (including phenoxy) is 1. The highest BCUT2D eigenvalue weighted by atomic mass is 16.5. The average molecular weight is 376 g/mol. The first-order chi connectivity index (χ1) is 13.5. The van der Waals surface area contributed by atoms with Crippen LogP contribution in [-0.2, 0) is 0 Å². The molecule has 0 fully saturated rings. The normalized spacial score (nSPS) is 10.0. The summed E-state index contributed by atoms with van der Waals surface area (Å²) in [6.45, 7) is 0. The molecule has 0 aliphatic carbocycles. The molecule has 5 N–H and O–H groups in total. The van der Waals surface area contributed by atoms with Crippen LogP contribution < -0.4 is 26.4 Å². The van der Waals surface area contributed by atoms with E-state index in [2.05, 4.69) is 16.0 Å². The lowest BCUT2D eigenvalue weighted by molar-refractivity contribution is 0.102. The summed E-state index contributed by atoms with van der Waals surface area (Å²) in [5, 5.41) is 8.19. The molecule has 0 saturated carbocycles. The Morgan fingerprint density at radius 1 is 0.786 bits per heavy atom. The van der Waals surface area contributed by atoms with Crippen LogP contribution in [-0.4, -0.2) is 19.0 Å². The van der Waals surface area contributed by atoms with Gasteiger partial charge in [0.15, 0.2) is 0 Å². The summed E-state index contributed by atoms with van der Waals surface area (Å²) in [5.41, 5.74) is 8.51. The first-order valence-electron chi connectivity index (χ1n) is 8.53. The van der Waals surface area contributed by atoms with Gasteiger partial charge in [-0.1, -0.05) is 12.1 Å². The van der Waals surface area contributed by atoms with Crippen molar-refractivity contribution in [2.24, 2.45) is 0 Å². The maximum Gasteiger partial charge on any atom is 0.323 e. The minimum absolute atomic E-state index is 0.285. The number of rotatable bonds is 5. The summed E-state index contributed by atoms with van der Waals surface area (Å²) in [6.07, 6.45) is 0. The zero-order valence-electron chi connectivity index (χ0n) is 15.2. The fourth-order valence-electron chi connectivity index (χ4n) is 2.48. The lowest BCUT2D eigenvalue weighted by atomic mass is 10.2. The number of nitrogen functional groups attached to an aromatic ring is 1. The van der Waals surface area contributed by atoms with Crippen molar-refractivity contribution in [3.63, 3.8) is 0 Å². The number of para-hydroxylation sites is 2. The van der Waals surface area contributed by atoms with E-state index in [1.165, 1.54) is 0 Å². The topological polar surface area (TPSA) is 105 Å². The average Bonchev–Trinajstić information content (AvgIpc) is 2.71. The van der Waals surface area contributed by atoms with E-state index in [-0.39, 0.29) is 11.9 Å². The predicted octanol–water partition coefficient (Wildman–Crippen LogP) is 4.17. The first-order valence-corrected chi connectivity index (χ1v) is 8.53. The van der Waals surface area contributed by atoms with Crippen LogP contribution in [0.3, 0.4) is 0 Å². The lowest BCUT2D eigenvalue weighted by Gasteiger charge is -2.10. The molecule has 0 saturated heterocycles. The van der Waals surface area contributed by atoms with Crippen LogP contribution in [0.4, 0.5) is 27.5 Å². The monoisotopic (exact) mass is 376 g/mol. The van der Waals surface area contributed by atoms with Gasteiger partial charge in [0.2, 0.25) is 0 Å². The number of anilines is 4. The Kier molecular flexibility index (Phi) is 5.76. The van der Waals surface area contributed by atoms with E-state index in [0.29, 0.717) is 34.1 Å². The number of amides is 3. The van der Waals surface area contributed by atoms with Crippen molar-refractivity contribution in [3.05, 3.63) is 78.4 Å². The molecule has 3 aromatic carbocycles. The van der Waals surface area contributed by atoms with Crippen LogP contribution in [0.15, 0.2) is 72.8 Å². The van der Waals surface area contributed by atoms with Gasteiger partial charge in [0.1, 0.15) is 5.75 Å². The molecule has 28 heavy (non-hydrogen) atoms. The van der Waals surface area contributed by atoms with Crippen molar-refractivity contribution in [2.75, 3.05) is 28.8 Å². The molecule has 0 aliphatic heterocycles. The maximum absolute atomic E-state index is 12.3. The molecule has 3 aromatic rings. The maximum atomic E-state index is 12.3. The fourth-order valence-corrected chi connectivity index (χ4v) is 2.48. The summed E-state index contributed by atoms with van der Waals surface area (Å²) in [5.74, 6) is 0.421. The van der Waals surface area contributed by atoms with Crippen LogP contribution in [0.5, 0.6) is 5.75 Å². The second-order valence-corrected chi connectivity index (χ2v) is 5.93. The Balaban J connectivity index is 1.58. The molecule has 0 radical (unpaired) electrons. The second-order valence-electron chi connectivity index (χ2n) is 5.93. The van der Waals surface area contributed by atoms with Crippen molar-refractivity contribution in [3.8, 4) is 5.75 Å². The van der Waals surface area contributed by atoms with Crippen LogP contribution >= 0.6 is 0 Å². The first kappa shape index (κ1) is 18.8. The van der Waals surface area contributed by atoms with Gasteiger partial charge in [0, 0.05) is 16.9 Å². The van der Waals surface area contributed by atoms with Gasteiger partial charge >= 0.3 is 6.03 Å². The minimum atomic E-state index is -0.389. The van der Waals surface area contributed by atoms with Gasteiger partial charge in [-0.25, -0.2) is 4.79 Å². The third-order valence-corrected chi connectivity index (χ3v) is 3.96. The molecule has 3 amide bonds. The van der Waals surface area contributed by atoms with Crippen LogP contribution in [0.1, 0.15) is 10.4 Å². The molecule has 0 aliphatic rings. The third kappa shape index (κ3) is 4.79. The van der Waals surface area contributed by atoms with Crippen molar-refractivity contribution < 1.29 is 14.3 Å². The summed E-state index contributed by atoms with van der Waals surface area (Å²) in [6, 6.07) is 20.2. The zero-order chi connectivity index (χ0) is 19.9. The van der Waals surface area contributed by atoms with E-state index >= 15 is 0 Å². The Hall–Kier alpha value is -4.00. The number of carbonyl (C=O) groups excluding carboxylic acids is 2. The molecule has 0 atom stereocenters. The van der Waals surface area contributed by atoms with Gasteiger partial charge in [-0.2, -0.15) is 0 Å². The summed E-state index contributed by atoms with van der Waals surface area (Å²) in [4.78, 5) is 24.4. The van der Waals surface area contributed by atoms with Crippen molar-refractivity contribution in [2.45, 2.75) is 0 Å². The highest BCUT2D eigenvalue weighted by molar-refractivity contribution is 6.06. The number of nitrogens with two attached hydrogens (primary N) is 1. The van der Waals surface area contributed by atoms with Crippen molar-refractivity contribution in [1.29, 1.82) is 0 Å². The molecule has 7 heteroatoms. The number of carbonyl (C=O) groups is 2. The Morgan fingerprint density at radius 3 is 1.93 bits per heavy atom. The Bertz CT molecular complexity index is 970. The van der Waals surface area contributed by atoms with Gasteiger partial charge in [-0.05, 0) is 60.7 Å². The molecule has 142 valence electrons. The van der Waals surface area contributed by atoms with E-state index in [1.54, 1.807) is 79.9 Å². The van der Waals surface area contributed by atoms with Crippen molar-refractivity contribution in [1.82, 2.24) is 0 Å². The Labute approximate surface area is 162 Å². The smallest absolute Gasteiger partial charge is 0.323 e.